The maximum atomic E-state index is 12.2. The Labute approximate surface area is 163 Å². The van der Waals surface area contributed by atoms with Gasteiger partial charge in [0, 0.05) is 28.7 Å². The Bertz CT molecular complexity index is 793. The van der Waals surface area contributed by atoms with Crippen LogP contribution in [0.25, 0.3) is 0 Å². The molecule has 0 aliphatic heterocycles. The van der Waals surface area contributed by atoms with Crippen LogP contribution in [-0.4, -0.2) is 18.4 Å². The van der Waals surface area contributed by atoms with E-state index in [1.807, 2.05) is 49.4 Å². The minimum Gasteiger partial charge on any atom is -0.352 e. The van der Waals surface area contributed by atoms with Crippen LogP contribution in [0.1, 0.15) is 48.7 Å². The molecule has 0 saturated heterocycles. The van der Waals surface area contributed by atoms with Gasteiger partial charge in [-0.25, -0.2) is 0 Å². The molecule has 2 aromatic rings. The van der Waals surface area contributed by atoms with E-state index >= 15 is 0 Å². The molecule has 0 fully saturated rings. The van der Waals surface area contributed by atoms with E-state index in [9.17, 15) is 9.59 Å². The number of hydrogen-bond donors (Lipinski definition) is 2. The average Bonchev–Trinajstić information content (AvgIpc) is 2.56. The fourth-order valence-corrected chi connectivity index (χ4v) is 2.97. The van der Waals surface area contributed by atoms with Crippen molar-refractivity contribution in [3.63, 3.8) is 0 Å². The molecule has 2 N–H and O–H groups in total. The van der Waals surface area contributed by atoms with Crippen LogP contribution < -0.4 is 10.6 Å². The number of carbonyl (C=O) groups excluding carboxylic acids is 2. The van der Waals surface area contributed by atoms with Crippen molar-refractivity contribution < 1.29 is 9.59 Å². The number of halogens is 1. The van der Waals surface area contributed by atoms with E-state index in [-0.39, 0.29) is 23.7 Å². The molecule has 0 unspecified atom stereocenters. The van der Waals surface area contributed by atoms with E-state index in [1.54, 1.807) is 0 Å². The van der Waals surface area contributed by atoms with E-state index in [1.165, 1.54) is 5.56 Å². The van der Waals surface area contributed by atoms with Gasteiger partial charge in [-0.3, -0.25) is 9.59 Å². The molecule has 0 aromatic heterocycles. The fourth-order valence-electron chi connectivity index (χ4n) is 2.49. The van der Waals surface area contributed by atoms with Crippen molar-refractivity contribution in [2.24, 2.45) is 0 Å². The molecule has 2 aromatic carbocycles. The van der Waals surface area contributed by atoms with E-state index in [0.29, 0.717) is 12.1 Å². The second-order valence-corrected chi connectivity index (χ2v) is 8.26. The smallest absolute Gasteiger partial charge is 0.251 e. The Hall–Kier alpha value is -2.14. The third-order valence-electron chi connectivity index (χ3n) is 4.11. The maximum Gasteiger partial charge on any atom is 0.251 e. The highest BCUT2D eigenvalue weighted by Gasteiger charge is 2.14. The van der Waals surface area contributed by atoms with Crippen LogP contribution in [0.4, 0.5) is 5.69 Å². The Morgan fingerprint density at radius 3 is 2.27 bits per heavy atom. The van der Waals surface area contributed by atoms with Crippen molar-refractivity contribution in [1.82, 2.24) is 5.32 Å². The summed E-state index contributed by atoms with van der Waals surface area (Å²) in [4.78, 5) is 24.2. The number of carbonyl (C=O) groups is 2. The quantitative estimate of drug-likeness (QED) is 0.734. The molecule has 0 radical (unpaired) electrons. The van der Waals surface area contributed by atoms with Crippen LogP contribution in [0.5, 0.6) is 0 Å². The van der Waals surface area contributed by atoms with Gasteiger partial charge in [-0.05, 0) is 53.8 Å². The standard InChI is InChI=1S/C21H25BrN2O2/c1-14-13-17(22)9-10-18(14)24-19(25)11-12-23-20(26)15-5-7-16(8-6-15)21(2,3)4/h5-10,13H,11-12H2,1-4H3,(H,23,26)(H,24,25). The Balaban J connectivity index is 1.83. The molecule has 2 rings (SSSR count). The van der Waals surface area contributed by atoms with Crippen molar-refractivity contribution in [1.29, 1.82) is 0 Å². The molecular formula is C21H25BrN2O2. The predicted octanol–water partition coefficient (Wildman–Crippen LogP) is 4.81. The summed E-state index contributed by atoms with van der Waals surface area (Å²) < 4.78 is 0.970. The van der Waals surface area contributed by atoms with Crippen LogP contribution in [0, 0.1) is 6.92 Å². The minimum absolute atomic E-state index is 0.0538. The topological polar surface area (TPSA) is 58.2 Å². The number of anilines is 1. The Kier molecular flexibility index (Phi) is 6.59. The molecule has 4 nitrogen and oxygen atoms in total. The molecule has 138 valence electrons. The van der Waals surface area contributed by atoms with E-state index in [2.05, 4.69) is 47.3 Å². The zero-order valence-corrected chi connectivity index (χ0v) is 17.2. The largest absolute Gasteiger partial charge is 0.352 e. The predicted molar refractivity (Wildman–Crippen MR) is 110 cm³/mol. The number of nitrogens with one attached hydrogen (secondary N) is 2. The van der Waals surface area contributed by atoms with E-state index < -0.39 is 0 Å². The first kappa shape index (κ1) is 20.2. The number of benzene rings is 2. The molecule has 0 aliphatic rings. The van der Waals surface area contributed by atoms with Gasteiger partial charge in [-0.1, -0.05) is 48.8 Å². The van der Waals surface area contributed by atoms with Gasteiger partial charge < -0.3 is 10.6 Å². The van der Waals surface area contributed by atoms with Gasteiger partial charge in [0.25, 0.3) is 5.91 Å². The SMILES string of the molecule is Cc1cc(Br)ccc1NC(=O)CCNC(=O)c1ccc(C(C)(C)C)cc1. The fraction of sp³-hybridized carbons (Fsp3) is 0.333. The van der Waals surface area contributed by atoms with E-state index in [4.69, 9.17) is 0 Å². The zero-order valence-electron chi connectivity index (χ0n) is 15.7. The van der Waals surface area contributed by atoms with Gasteiger partial charge in [0.1, 0.15) is 0 Å². The summed E-state index contributed by atoms with van der Waals surface area (Å²) >= 11 is 3.40. The monoisotopic (exact) mass is 416 g/mol. The van der Waals surface area contributed by atoms with Crippen molar-refractivity contribution in [3.8, 4) is 0 Å². The van der Waals surface area contributed by atoms with Crippen molar-refractivity contribution >= 4 is 33.4 Å². The number of amides is 2. The van der Waals surface area contributed by atoms with Crippen LogP contribution in [0.15, 0.2) is 46.9 Å². The summed E-state index contributed by atoms with van der Waals surface area (Å²) in [6.07, 6.45) is 0.224. The zero-order chi connectivity index (χ0) is 19.3. The molecule has 0 bridgehead atoms. The average molecular weight is 417 g/mol. The lowest BCUT2D eigenvalue weighted by molar-refractivity contribution is -0.116. The van der Waals surface area contributed by atoms with Crippen molar-refractivity contribution in [3.05, 3.63) is 63.6 Å². The normalized spacial score (nSPS) is 11.1. The highest BCUT2D eigenvalue weighted by Crippen LogP contribution is 2.22. The molecule has 0 heterocycles. The number of rotatable bonds is 5. The van der Waals surface area contributed by atoms with Crippen LogP contribution >= 0.6 is 15.9 Å². The van der Waals surface area contributed by atoms with Gasteiger partial charge in [0.15, 0.2) is 0 Å². The molecule has 5 heteroatoms. The first-order valence-electron chi connectivity index (χ1n) is 8.61. The first-order valence-corrected chi connectivity index (χ1v) is 9.41. The minimum atomic E-state index is -0.168. The third kappa shape index (κ3) is 5.70. The number of aryl methyl sites for hydroxylation is 1. The van der Waals surface area contributed by atoms with Crippen LogP contribution in [0.2, 0.25) is 0 Å². The molecular weight excluding hydrogens is 392 g/mol. The maximum absolute atomic E-state index is 12.2. The summed E-state index contributed by atoms with van der Waals surface area (Å²) in [5.74, 6) is -0.295. The van der Waals surface area contributed by atoms with Gasteiger partial charge >= 0.3 is 0 Å². The second kappa shape index (κ2) is 8.49. The lowest BCUT2D eigenvalue weighted by Gasteiger charge is -2.19. The lowest BCUT2D eigenvalue weighted by Crippen LogP contribution is -2.27. The summed E-state index contributed by atoms with van der Waals surface area (Å²) in [5, 5.41) is 5.65. The van der Waals surface area contributed by atoms with Gasteiger partial charge in [-0.15, -0.1) is 0 Å². The lowest BCUT2D eigenvalue weighted by atomic mass is 9.87. The molecule has 0 spiro atoms. The highest BCUT2D eigenvalue weighted by atomic mass is 79.9. The van der Waals surface area contributed by atoms with E-state index in [0.717, 1.165) is 15.7 Å². The summed E-state index contributed by atoms with van der Waals surface area (Å²) in [7, 11) is 0. The Morgan fingerprint density at radius 2 is 1.69 bits per heavy atom. The molecule has 0 aliphatic carbocycles. The summed E-state index contributed by atoms with van der Waals surface area (Å²) in [6.45, 7) is 8.63. The van der Waals surface area contributed by atoms with Crippen LogP contribution in [0.3, 0.4) is 0 Å². The first-order chi connectivity index (χ1) is 12.2. The second-order valence-electron chi connectivity index (χ2n) is 7.34. The molecule has 0 atom stereocenters. The highest BCUT2D eigenvalue weighted by molar-refractivity contribution is 9.10. The van der Waals surface area contributed by atoms with Gasteiger partial charge in [0.2, 0.25) is 5.91 Å². The third-order valence-corrected chi connectivity index (χ3v) is 4.61. The van der Waals surface area contributed by atoms with Crippen LogP contribution in [-0.2, 0) is 10.2 Å². The summed E-state index contributed by atoms with van der Waals surface area (Å²) in [6, 6.07) is 13.3. The number of hydrogen-bond acceptors (Lipinski definition) is 2. The molecule has 2 amide bonds. The van der Waals surface area contributed by atoms with Crippen molar-refractivity contribution in [2.45, 2.75) is 39.5 Å². The molecule has 26 heavy (non-hydrogen) atoms. The molecule has 0 saturated carbocycles. The summed E-state index contributed by atoms with van der Waals surface area (Å²) in [5.41, 5.74) is 3.59. The van der Waals surface area contributed by atoms with Gasteiger partial charge in [-0.2, -0.15) is 0 Å². The van der Waals surface area contributed by atoms with Gasteiger partial charge in [0.05, 0.1) is 0 Å². The van der Waals surface area contributed by atoms with Crippen molar-refractivity contribution in [2.75, 3.05) is 11.9 Å². The Morgan fingerprint density at radius 1 is 1.04 bits per heavy atom.